The monoisotopic (exact) mass is 388 g/mol. The third kappa shape index (κ3) is 4.28. The summed E-state index contributed by atoms with van der Waals surface area (Å²) in [5.74, 6) is -1.22. The summed E-state index contributed by atoms with van der Waals surface area (Å²) in [6.07, 6.45) is 1.92. The van der Waals surface area contributed by atoms with Crippen LogP contribution in [-0.4, -0.2) is 53.3 Å². The van der Waals surface area contributed by atoms with Crippen molar-refractivity contribution < 1.29 is 19.0 Å². The number of hydrogen-bond donors (Lipinski definition) is 1. The lowest BCUT2D eigenvalue weighted by atomic mass is 9.82. The number of hydrogen-bond acceptors (Lipinski definition) is 4. The molecule has 0 amide bonds. The molecule has 2 aliphatic heterocycles. The fourth-order valence-corrected chi connectivity index (χ4v) is 4.08. The Morgan fingerprint density at radius 2 is 1.96 bits per heavy atom. The second-order valence-corrected chi connectivity index (χ2v) is 8.45. The fourth-order valence-electron chi connectivity index (χ4n) is 4.08. The van der Waals surface area contributed by atoms with Crippen molar-refractivity contribution in [2.45, 2.75) is 40.4 Å². The van der Waals surface area contributed by atoms with E-state index in [0.29, 0.717) is 25.3 Å². The first kappa shape index (κ1) is 20.6. The van der Waals surface area contributed by atoms with Gasteiger partial charge in [-0.2, -0.15) is 0 Å². The Morgan fingerprint density at radius 1 is 1.29 bits per heavy atom. The van der Waals surface area contributed by atoms with Gasteiger partial charge in [0, 0.05) is 30.7 Å². The quantitative estimate of drug-likeness (QED) is 0.854. The van der Waals surface area contributed by atoms with E-state index in [2.05, 4.69) is 9.80 Å². The molecule has 2 heterocycles. The summed E-state index contributed by atoms with van der Waals surface area (Å²) in [4.78, 5) is 16.6. The van der Waals surface area contributed by atoms with Gasteiger partial charge in [0.25, 0.3) is 0 Å². The summed E-state index contributed by atoms with van der Waals surface area (Å²) in [6, 6.07) is 6.51. The van der Waals surface area contributed by atoms with Gasteiger partial charge < -0.3 is 14.7 Å². The molecule has 0 aliphatic carbocycles. The largest absolute Gasteiger partial charge is 0.478 e. The van der Waals surface area contributed by atoms with E-state index in [0.717, 1.165) is 29.9 Å². The zero-order valence-corrected chi connectivity index (χ0v) is 17.0. The molecule has 0 bridgehead atoms. The number of nitrogens with zero attached hydrogens (tertiary/aromatic N) is 2. The molecule has 3 rings (SSSR count). The summed E-state index contributed by atoms with van der Waals surface area (Å²) in [5.41, 5.74) is 2.32. The molecular formula is C22H29FN2O3. The van der Waals surface area contributed by atoms with Gasteiger partial charge in [0.05, 0.1) is 18.8 Å². The van der Waals surface area contributed by atoms with E-state index in [4.69, 9.17) is 4.74 Å². The van der Waals surface area contributed by atoms with Gasteiger partial charge in [0.2, 0.25) is 0 Å². The van der Waals surface area contributed by atoms with Gasteiger partial charge in [0.15, 0.2) is 0 Å². The molecule has 28 heavy (non-hydrogen) atoms. The highest BCUT2D eigenvalue weighted by Gasteiger charge is 2.39. The van der Waals surface area contributed by atoms with Crippen LogP contribution in [0.4, 0.5) is 4.39 Å². The van der Waals surface area contributed by atoms with Crippen molar-refractivity contribution in [3.63, 3.8) is 0 Å². The third-order valence-electron chi connectivity index (χ3n) is 5.22. The van der Waals surface area contributed by atoms with Crippen LogP contribution in [0.3, 0.4) is 0 Å². The lowest BCUT2D eigenvalue weighted by molar-refractivity contribution is -0.132. The lowest BCUT2D eigenvalue weighted by Crippen LogP contribution is -2.54. The van der Waals surface area contributed by atoms with Crippen LogP contribution >= 0.6 is 0 Å². The van der Waals surface area contributed by atoms with Crippen LogP contribution in [0.2, 0.25) is 0 Å². The van der Waals surface area contributed by atoms with Gasteiger partial charge in [-0.25, -0.2) is 9.18 Å². The van der Waals surface area contributed by atoms with Gasteiger partial charge in [0.1, 0.15) is 12.0 Å². The van der Waals surface area contributed by atoms with Crippen LogP contribution in [0.15, 0.2) is 47.2 Å². The maximum absolute atomic E-state index is 13.8. The minimum absolute atomic E-state index is 0.0931. The number of carboxylic acids is 1. The number of ether oxygens (including phenoxy) is 1. The van der Waals surface area contributed by atoms with Crippen molar-refractivity contribution in [2.24, 2.45) is 5.41 Å². The molecule has 152 valence electrons. The second-order valence-electron chi connectivity index (χ2n) is 8.45. The summed E-state index contributed by atoms with van der Waals surface area (Å²) in [6.45, 7) is 11.2. The summed E-state index contributed by atoms with van der Waals surface area (Å²) in [5, 5.41) is 9.95. The fraction of sp³-hybridized carbons (Fsp3) is 0.500. The van der Waals surface area contributed by atoms with Gasteiger partial charge >= 0.3 is 5.97 Å². The van der Waals surface area contributed by atoms with E-state index in [1.165, 1.54) is 12.1 Å². The smallest absolute Gasteiger partial charge is 0.337 e. The normalized spacial score (nSPS) is 21.7. The molecule has 0 saturated carbocycles. The second kappa shape index (κ2) is 8.05. The highest BCUT2D eigenvalue weighted by atomic mass is 19.1. The standard InChI is InChI=1S/C22H29FN2O3/c1-15-12-18(24-8-10-28-11-9-24)25(14-16-6-5-7-17(23)13-16)20(22(2,3)4)19(15)21(26)27/h5-7,12-13,18H,8-11,14H2,1-4H3,(H,26,27). The highest BCUT2D eigenvalue weighted by molar-refractivity contribution is 5.93. The number of carboxylic acid groups (broad SMARTS) is 1. The Labute approximate surface area is 166 Å². The first-order valence-corrected chi connectivity index (χ1v) is 9.68. The molecule has 5 nitrogen and oxygen atoms in total. The average Bonchev–Trinajstić information content (AvgIpc) is 2.62. The average molecular weight is 388 g/mol. The predicted octanol–water partition coefficient (Wildman–Crippen LogP) is 3.63. The van der Waals surface area contributed by atoms with Crippen LogP contribution in [0, 0.1) is 11.2 Å². The van der Waals surface area contributed by atoms with E-state index in [1.807, 2.05) is 39.8 Å². The van der Waals surface area contributed by atoms with Crippen molar-refractivity contribution in [3.8, 4) is 0 Å². The molecule has 0 aromatic heterocycles. The van der Waals surface area contributed by atoms with Gasteiger partial charge in [-0.3, -0.25) is 4.90 Å². The van der Waals surface area contributed by atoms with E-state index >= 15 is 0 Å². The minimum Gasteiger partial charge on any atom is -0.478 e. The number of carbonyl (C=O) groups is 1. The van der Waals surface area contributed by atoms with Crippen LogP contribution in [0.25, 0.3) is 0 Å². The Kier molecular flexibility index (Phi) is 5.91. The highest BCUT2D eigenvalue weighted by Crippen LogP contribution is 2.40. The molecule has 1 saturated heterocycles. The van der Waals surface area contributed by atoms with Crippen molar-refractivity contribution in [1.82, 2.24) is 9.80 Å². The van der Waals surface area contributed by atoms with Crippen LogP contribution in [-0.2, 0) is 16.1 Å². The summed E-state index contributed by atoms with van der Waals surface area (Å²) in [7, 11) is 0. The topological polar surface area (TPSA) is 53.0 Å². The van der Waals surface area contributed by atoms with Crippen LogP contribution in [0.5, 0.6) is 0 Å². The zero-order chi connectivity index (χ0) is 20.5. The predicted molar refractivity (Wildman–Crippen MR) is 106 cm³/mol. The molecule has 0 radical (unpaired) electrons. The SMILES string of the molecule is CC1=CC(N2CCOCC2)N(Cc2cccc(F)c2)C(C(C)(C)C)=C1C(=O)O. The number of allylic oxidation sites excluding steroid dienone is 1. The van der Waals surface area contributed by atoms with Crippen LogP contribution < -0.4 is 0 Å². The molecule has 1 aromatic rings. The molecular weight excluding hydrogens is 359 g/mol. The molecule has 1 N–H and O–H groups in total. The van der Waals surface area contributed by atoms with E-state index in [9.17, 15) is 14.3 Å². The number of aliphatic carboxylic acids is 1. The molecule has 0 spiro atoms. The van der Waals surface area contributed by atoms with Crippen molar-refractivity contribution in [2.75, 3.05) is 26.3 Å². The number of halogens is 1. The van der Waals surface area contributed by atoms with E-state index < -0.39 is 5.97 Å². The Balaban J connectivity index is 2.10. The van der Waals surface area contributed by atoms with Gasteiger partial charge in [-0.15, -0.1) is 0 Å². The summed E-state index contributed by atoms with van der Waals surface area (Å²) < 4.78 is 19.3. The van der Waals surface area contributed by atoms with Crippen LogP contribution in [0.1, 0.15) is 33.3 Å². The minimum atomic E-state index is -0.927. The molecule has 2 aliphatic rings. The third-order valence-corrected chi connectivity index (χ3v) is 5.22. The number of rotatable bonds is 4. The van der Waals surface area contributed by atoms with Crippen molar-refractivity contribution in [1.29, 1.82) is 0 Å². The number of benzene rings is 1. The zero-order valence-electron chi connectivity index (χ0n) is 17.0. The molecule has 1 aromatic carbocycles. The Bertz CT molecular complexity index is 804. The summed E-state index contributed by atoms with van der Waals surface area (Å²) >= 11 is 0. The first-order valence-electron chi connectivity index (χ1n) is 9.68. The Hall–Kier alpha value is -2.18. The molecule has 1 unspecified atom stereocenters. The molecule has 1 fully saturated rings. The maximum Gasteiger partial charge on any atom is 0.337 e. The van der Waals surface area contributed by atoms with Gasteiger partial charge in [-0.1, -0.05) is 32.9 Å². The maximum atomic E-state index is 13.8. The van der Waals surface area contributed by atoms with Crippen molar-refractivity contribution in [3.05, 3.63) is 58.6 Å². The lowest BCUT2D eigenvalue weighted by Gasteiger charge is -2.48. The number of morpholine rings is 1. The van der Waals surface area contributed by atoms with E-state index in [-0.39, 0.29) is 17.4 Å². The van der Waals surface area contributed by atoms with Crippen molar-refractivity contribution >= 4 is 5.97 Å². The molecule has 6 heteroatoms. The molecule has 1 atom stereocenters. The van der Waals surface area contributed by atoms with E-state index in [1.54, 1.807) is 6.07 Å². The van der Waals surface area contributed by atoms with Gasteiger partial charge in [-0.05, 0) is 36.3 Å². The first-order chi connectivity index (χ1) is 13.2. The Morgan fingerprint density at radius 3 is 2.54 bits per heavy atom.